The molecule has 1 aromatic heterocycles. The first kappa shape index (κ1) is 17.0. The quantitative estimate of drug-likeness (QED) is 0.822. The molecule has 1 heterocycles. The maximum absolute atomic E-state index is 13.6. The monoisotopic (exact) mass is 339 g/mol. The lowest BCUT2D eigenvalue weighted by atomic mass is 10.1. The lowest BCUT2D eigenvalue weighted by Gasteiger charge is -2.13. The Morgan fingerprint density at radius 3 is 2.78 bits per heavy atom. The lowest BCUT2D eigenvalue weighted by Crippen LogP contribution is -2.35. The van der Waals surface area contributed by atoms with Crippen molar-refractivity contribution in [3.8, 4) is 0 Å². The normalized spacial score (nSPS) is 11.8. The van der Waals surface area contributed by atoms with Crippen LogP contribution >= 0.6 is 11.6 Å². The van der Waals surface area contributed by atoms with Crippen LogP contribution in [0.25, 0.3) is 0 Å². The number of halogens is 2. The number of furan rings is 1. The van der Waals surface area contributed by atoms with Crippen LogP contribution in [0, 0.1) is 5.82 Å². The highest BCUT2D eigenvalue weighted by Gasteiger charge is 2.20. The SMILES string of the molecule is C[C@@H](OC(=O)Cc1c(F)cccc1Cl)C(=O)NCc1ccco1. The van der Waals surface area contributed by atoms with Gasteiger partial charge in [0.15, 0.2) is 6.10 Å². The summed E-state index contributed by atoms with van der Waals surface area (Å²) in [4.78, 5) is 23.6. The number of hydrogen-bond acceptors (Lipinski definition) is 4. The summed E-state index contributed by atoms with van der Waals surface area (Å²) < 4.78 is 23.7. The zero-order valence-electron chi connectivity index (χ0n) is 12.3. The second-order valence-electron chi connectivity index (χ2n) is 4.81. The van der Waals surface area contributed by atoms with Crippen molar-refractivity contribution in [2.24, 2.45) is 0 Å². The van der Waals surface area contributed by atoms with Crippen LogP contribution in [0.15, 0.2) is 41.0 Å². The summed E-state index contributed by atoms with van der Waals surface area (Å²) in [5, 5.41) is 2.70. The first-order chi connectivity index (χ1) is 11.0. The Hall–Kier alpha value is -2.34. The van der Waals surface area contributed by atoms with Crippen molar-refractivity contribution in [3.05, 3.63) is 58.8 Å². The number of carbonyl (C=O) groups excluding carboxylic acids is 2. The number of rotatable bonds is 6. The molecule has 5 nitrogen and oxygen atoms in total. The summed E-state index contributed by atoms with van der Waals surface area (Å²) in [6.07, 6.45) is 0.132. The van der Waals surface area contributed by atoms with Gasteiger partial charge in [-0.25, -0.2) is 4.39 Å². The van der Waals surface area contributed by atoms with Gasteiger partial charge in [-0.1, -0.05) is 17.7 Å². The number of nitrogens with one attached hydrogen (secondary N) is 1. The molecule has 0 fully saturated rings. The van der Waals surface area contributed by atoms with Crippen LogP contribution in [-0.2, 0) is 27.3 Å². The number of esters is 1. The minimum absolute atomic E-state index is 0.0439. The topological polar surface area (TPSA) is 68.5 Å². The second kappa shape index (κ2) is 7.78. The van der Waals surface area contributed by atoms with E-state index in [2.05, 4.69) is 5.32 Å². The van der Waals surface area contributed by atoms with Crippen molar-refractivity contribution >= 4 is 23.5 Å². The fourth-order valence-corrected chi connectivity index (χ4v) is 2.10. The van der Waals surface area contributed by atoms with Crippen LogP contribution in [0.1, 0.15) is 18.2 Å². The Bertz CT molecular complexity index is 667. The number of amides is 1. The van der Waals surface area contributed by atoms with Crippen molar-refractivity contribution in [1.82, 2.24) is 5.32 Å². The third-order valence-corrected chi connectivity index (χ3v) is 3.43. The molecule has 7 heteroatoms. The molecular formula is C16H15ClFNO4. The predicted octanol–water partition coefficient (Wildman–Crippen LogP) is 2.86. The molecule has 2 rings (SSSR count). The third kappa shape index (κ3) is 4.82. The van der Waals surface area contributed by atoms with Gasteiger partial charge in [0, 0.05) is 10.6 Å². The maximum Gasteiger partial charge on any atom is 0.311 e. The smallest absolute Gasteiger partial charge is 0.311 e. The van der Waals surface area contributed by atoms with Crippen LogP contribution < -0.4 is 5.32 Å². The van der Waals surface area contributed by atoms with E-state index in [0.717, 1.165) is 0 Å². The summed E-state index contributed by atoms with van der Waals surface area (Å²) in [5.41, 5.74) is 0.0439. The van der Waals surface area contributed by atoms with E-state index >= 15 is 0 Å². The van der Waals surface area contributed by atoms with Crippen LogP contribution in [0.2, 0.25) is 5.02 Å². The van der Waals surface area contributed by atoms with E-state index in [-0.39, 0.29) is 23.6 Å². The van der Waals surface area contributed by atoms with Crippen LogP contribution in [0.3, 0.4) is 0 Å². The van der Waals surface area contributed by atoms with Gasteiger partial charge in [-0.15, -0.1) is 0 Å². The Morgan fingerprint density at radius 1 is 1.35 bits per heavy atom. The Morgan fingerprint density at radius 2 is 2.13 bits per heavy atom. The van der Waals surface area contributed by atoms with Gasteiger partial charge in [0.05, 0.1) is 19.2 Å². The van der Waals surface area contributed by atoms with Gasteiger partial charge in [-0.3, -0.25) is 9.59 Å². The first-order valence-electron chi connectivity index (χ1n) is 6.90. The van der Waals surface area contributed by atoms with Gasteiger partial charge in [0.2, 0.25) is 0 Å². The number of carbonyl (C=O) groups is 2. The average Bonchev–Trinajstić information content (AvgIpc) is 3.02. The van der Waals surface area contributed by atoms with Crippen LogP contribution in [0.5, 0.6) is 0 Å². The zero-order chi connectivity index (χ0) is 16.8. The van der Waals surface area contributed by atoms with E-state index in [1.165, 1.54) is 31.4 Å². The molecule has 0 saturated heterocycles. The summed E-state index contributed by atoms with van der Waals surface area (Å²) in [7, 11) is 0. The fraction of sp³-hybridized carbons (Fsp3) is 0.250. The summed E-state index contributed by atoms with van der Waals surface area (Å²) in [5.74, 6) is -1.23. The largest absolute Gasteiger partial charge is 0.467 e. The molecular weight excluding hydrogens is 325 g/mol. The average molecular weight is 340 g/mol. The molecule has 0 aliphatic carbocycles. The van der Waals surface area contributed by atoms with Crippen molar-refractivity contribution in [2.45, 2.75) is 26.0 Å². The van der Waals surface area contributed by atoms with Crippen LogP contribution in [-0.4, -0.2) is 18.0 Å². The van der Waals surface area contributed by atoms with Crippen LogP contribution in [0.4, 0.5) is 4.39 Å². The molecule has 1 amide bonds. The highest BCUT2D eigenvalue weighted by molar-refractivity contribution is 6.31. The van der Waals surface area contributed by atoms with E-state index in [1.807, 2.05) is 0 Å². The minimum atomic E-state index is -1.01. The van der Waals surface area contributed by atoms with E-state index in [0.29, 0.717) is 5.76 Å². The van der Waals surface area contributed by atoms with Gasteiger partial charge in [0.1, 0.15) is 11.6 Å². The van der Waals surface area contributed by atoms with E-state index in [4.69, 9.17) is 20.8 Å². The summed E-state index contributed by atoms with van der Waals surface area (Å²) >= 11 is 5.84. The zero-order valence-corrected chi connectivity index (χ0v) is 13.1. The maximum atomic E-state index is 13.6. The predicted molar refractivity (Wildman–Crippen MR) is 81.2 cm³/mol. The molecule has 0 radical (unpaired) electrons. The molecule has 0 aliphatic rings. The molecule has 2 aromatic rings. The highest BCUT2D eigenvalue weighted by atomic mass is 35.5. The second-order valence-corrected chi connectivity index (χ2v) is 5.21. The summed E-state index contributed by atoms with van der Waals surface area (Å²) in [6, 6.07) is 7.53. The van der Waals surface area contributed by atoms with Gasteiger partial charge >= 0.3 is 5.97 Å². The third-order valence-electron chi connectivity index (χ3n) is 3.08. The molecule has 0 spiro atoms. The molecule has 23 heavy (non-hydrogen) atoms. The van der Waals surface area contributed by atoms with Gasteiger partial charge in [0.25, 0.3) is 5.91 Å². The molecule has 122 valence electrons. The lowest BCUT2D eigenvalue weighted by molar-refractivity contribution is -0.154. The Labute approximate surface area is 137 Å². The number of benzene rings is 1. The van der Waals surface area contributed by atoms with E-state index < -0.39 is 23.8 Å². The molecule has 0 unspecified atom stereocenters. The van der Waals surface area contributed by atoms with E-state index in [1.54, 1.807) is 12.1 Å². The van der Waals surface area contributed by atoms with Gasteiger partial charge < -0.3 is 14.5 Å². The van der Waals surface area contributed by atoms with Gasteiger partial charge in [-0.2, -0.15) is 0 Å². The molecule has 1 aromatic carbocycles. The molecule has 0 bridgehead atoms. The summed E-state index contributed by atoms with van der Waals surface area (Å²) in [6.45, 7) is 1.62. The first-order valence-corrected chi connectivity index (χ1v) is 7.27. The number of hydrogen-bond donors (Lipinski definition) is 1. The van der Waals surface area contributed by atoms with E-state index in [9.17, 15) is 14.0 Å². The Balaban J connectivity index is 1.85. The number of ether oxygens (including phenoxy) is 1. The molecule has 1 atom stereocenters. The minimum Gasteiger partial charge on any atom is -0.467 e. The molecule has 0 saturated carbocycles. The Kier molecular flexibility index (Phi) is 5.76. The molecule has 1 N–H and O–H groups in total. The van der Waals surface area contributed by atoms with Crippen molar-refractivity contribution < 1.29 is 23.1 Å². The fourth-order valence-electron chi connectivity index (χ4n) is 1.87. The molecule has 0 aliphatic heterocycles. The van der Waals surface area contributed by atoms with Gasteiger partial charge in [-0.05, 0) is 31.2 Å². The standard InChI is InChI=1S/C16H15ClFNO4/c1-10(16(21)19-9-11-4-3-7-22-11)23-15(20)8-12-13(17)5-2-6-14(12)18/h2-7,10H,8-9H2,1H3,(H,19,21)/t10-/m1/s1. The van der Waals surface area contributed by atoms with Crippen molar-refractivity contribution in [2.75, 3.05) is 0 Å². The van der Waals surface area contributed by atoms with Crippen molar-refractivity contribution in [3.63, 3.8) is 0 Å². The van der Waals surface area contributed by atoms with Crippen molar-refractivity contribution in [1.29, 1.82) is 0 Å². The highest BCUT2D eigenvalue weighted by Crippen LogP contribution is 2.20.